The fourth-order valence-electron chi connectivity index (χ4n) is 2.26. The average Bonchev–Trinajstić information content (AvgIpc) is 2.49. The maximum absolute atomic E-state index is 12.4. The summed E-state index contributed by atoms with van der Waals surface area (Å²) in [4.78, 5) is 23.7. The quantitative estimate of drug-likeness (QED) is 0.796. The second-order valence-corrected chi connectivity index (χ2v) is 4.91. The van der Waals surface area contributed by atoms with Gasteiger partial charge in [-0.25, -0.2) is 0 Å². The molecule has 0 aliphatic heterocycles. The van der Waals surface area contributed by atoms with Crippen LogP contribution in [0.2, 0.25) is 0 Å². The molecule has 0 aliphatic carbocycles. The Bertz CT molecular complexity index is 722. The van der Waals surface area contributed by atoms with Crippen LogP contribution in [0.4, 0.5) is 0 Å². The van der Waals surface area contributed by atoms with Crippen molar-refractivity contribution in [2.75, 3.05) is 7.11 Å². The van der Waals surface area contributed by atoms with E-state index < -0.39 is 5.24 Å². The van der Waals surface area contributed by atoms with Gasteiger partial charge in [0.15, 0.2) is 0 Å². The minimum absolute atomic E-state index is 0.0104. The maximum atomic E-state index is 12.4. The first-order chi connectivity index (χ1) is 10.1. The molecule has 0 unspecified atom stereocenters. The molecule has 0 aliphatic rings. The van der Waals surface area contributed by atoms with Gasteiger partial charge in [0.2, 0.25) is 0 Å². The highest BCUT2D eigenvalue weighted by Crippen LogP contribution is 2.29. The van der Waals surface area contributed by atoms with Crippen LogP contribution in [0, 0.1) is 0 Å². The van der Waals surface area contributed by atoms with E-state index in [4.69, 9.17) is 16.3 Å². The van der Waals surface area contributed by atoms with Gasteiger partial charge in [-0.1, -0.05) is 19.1 Å². The lowest BCUT2D eigenvalue weighted by molar-refractivity contribution is 0.107. The number of hydrogen-bond acceptors (Lipinski definition) is 3. The van der Waals surface area contributed by atoms with E-state index in [-0.39, 0.29) is 11.1 Å². The Morgan fingerprint density at radius 3 is 2.57 bits per heavy atom. The maximum Gasteiger partial charge on any atom is 0.263 e. The Morgan fingerprint density at radius 1 is 1.24 bits per heavy atom. The summed E-state index contributed by atoms with van der Waals surface area (Å²) in [5.41, 5.74) is 1.13. The molecule has 21 heavy (non-hydrogen) atoms. The van der Waals surface area contributed by atoms with Crippen molar-refractivity contribution in [1.82, 2.24) is 4.57 Å². The number of halogens is 1. The fourth-order valence-corrected chi connectivity index (χ4v) is 2.41. The number of ether oxygens (including phenoxy) is 1. The third-order valence-electron chi connectivity index (χ3n) is 3.22. The Balaban J connectivity index is 2.72. The van der Waals surface area contributed by atoms with Crippen LogP contribution in [0.5, 0.6) is 5.75 Å². The SMILES string of the molecule is CCCn1c(-c2ccccc2OC)ccc(C(=O)Cl)c1=O. The zero-order valence-corrected chi connectivity index (χ0v) is 12.7. The molecule has 2 aromatic rings. The van der Waals surface area contributed by atoms with Crippen molar-refractivity contribution in [2.45, 2.75) is 19.9 Å². The Morgan fingerprint density at radius 2 is 1.95 bits per heavy atom. The predicted octanol–water partition coefficient (Wildman–Crippen LogP) is 3.31. The minimum atomic E-state index is -0.739. The van der Waals surface area contributed by atoms with Crippen LogP contribution in [0.3, 0.4) is 0 Å². The summed E-state index contributed by atoms with van der Waals surface area (Å²) in [6.07, 6.45) is 0.766. The highest BCUT2D eigenvalue weighted by molar-refractivity contribution is 6.67. The van der Waals surface area contributed by atoms with Gasteiger partial charge in [0, 0.05) is 12.1 Å². The van der Waals surface area contributed by atoms with Crippen LogP contribution in [0.25, 0.3) is 11.3 Å². The molecule has 4 nitrogen and oxygen atoms in total. The third kappa shape index (κ3) is 3.00. The number of methoxy groups -OCH3 is 1. The van der Waals surface area contributed by atoms with Crippen LogP contribution in [-0.2, 0) is 6.54 Å². The van der Waals surface area contributed by atoms with E-state index in [0.717, 1.165) is 12.0 Å². The zero-order chi connectivity index (χ0) is 15.4. The lowest BCUT2D eigenvalue weighted by Gasteiger charge is -2.15. The van der Waals surface area contributed by atoms with Crippen molar-refractivity contribution in [3.05, 3.63) is 52.3 Å². The van der Waals surface area contributed by atoms with E-state index in [1.807, 2.05) is 31.2 Å². The highest BCUT2D eigenvalue weighted by atomic mass is 35.5. The molecule has 0 saturated carbocycles. The topological polar surface area (TPSA) is 48.3 Å². The van der Waals surface area contributed by atoms with Gasteiger partial charge in [0.05, 0.1) is 18.4 Å². The van der Waals surface area contributed by atoms with Gasteiger partial charge < -0.3 is 9.30 Å². The van der Waals surface area contributed by atoms with Crippen molar-refractivity contribution in [1.29, 1.82) is 0 Å². The molecule has 0 fully saturated rings. The number of carbonyl (C=O) groups excluding carboxylic acids is 1. The molecule has 2 rings (SSSR count). The van der Waals surface area contributed by atoms with E-state index >= 15 is 0 Å². The van der Waals surface area contributed by atoms with E-state index in [9.17, 15) is 9.59 Å². The molecular weight excluding hydrogens is 290 g/mol. The number of carbonyl (C=O) groups is 1. The molecule has 0 radical (unpaired) electrons. The average molecular weight is 306 g/mol. The summed E-state index contributed by atoms with van der Waals surface area (Å²) in [5.74, 6) is 0.673. The van der Waals surface area contributed by atoms with Gasteiger partial charge in [-0.2, -0.15) is 0 Å². The van der Waals surface area contributed by atoms with E-state index in [1.165, 1.54) is 6.07 Å². The summed E-state index contributed by atoms with van der Waals surface area (Å²) in [5, 5.41) is -0.739. The van der Waals surface area contributed by atoms with Crippen LogP contribution >= 0.6 is 11.6 Å². The highest BCUT2D eigenvalue weighted by Gasteiger charge is 2.15. The van der Waals surface area contributed by atoms with E-state index in [1.54, 1.807) is 17.7 Å². The molecule has 1 aromatic heterocycles. The molecule has 0 saturated heterocycles. The molecule has 1 aromatic carbocycles. The Hall–Kier alpha value is -2.07. The summed E-state index contributed by atoms with van der Waals surface area (Å²) in [6, 6.07) is 10.6. The normalized spacial score (nSPS) is 10.4. The van der Waals surface area contributed by atoms with Crippen molar-refractivity contribution in [3.8, 4) is 17.0 Å². The molecule has 1 heterocycles. The summed E-state index contributed by atoms with van der Waals surface area (Å²) < 4.78 is 6.91. The number of para-hydroxylation sites is 1. The van der Waals surface area contributed by atoms with Crippen LogP contribution in [-0.4, -0.2) is 16.9 Å². The lowest BCUT2D eigenvalue weighted by atomic mass is 10.1. The fraction of sp³-hybridized carbons (Fsp3) is 0.250. The molecule has 0 amide bonds. The molecule has 5 heteroatoms. The Labute approximate surface area is 127 Å². The smallest absolute Gasteiger partial charge is 0.263 e. The molecular formula is C16H16ClNO3. The first-order valence-electron chi connectivity index (χ1n) is 6.67. The number of benzene rings is 1. The van der Waals surface area contributed by atoms with Gasteiger partial charge in [-0.15, -0.1) is 0 Å². The Kier molecular flexibility index (Phi) is 4.81. The zero-order valence-electron chi connectivity index (χ0n) is 11.9. The van der Waals surface area contributed by atoms with E-state index in [2.05, 4.69) is 0 Å². The van der Waals surface area contributed by atoms with Gasteiger partial charge in [0.25, 0.3) is 10.8 Å². The second kappa shape index (κ2) is 6.59. The van der Waals surface area contributed by atoms with Crippen LogP contribution < -0.4 is 10.3 Å². The molecule has 0 bridgehead atoms. The summed E-state index contributed by atoms with van der Waals surface area (Å²) in [7, 11) is 1.58. The predicted molar refractivity (Wildman–Crippen MR) is 83.2 cm³/mol. The molecule has 0 atom stereocenters. The van der Waals surface area contributed by atoms with Crippen LogP contribution in [0.1, 0.15) is 23.7 Å². The standard InChI is InChI=1S/C16H16ClNO3/c1-3-10-18-13(9-8-12(15(17)19)16(18)20)11-6-4-5-7-14(11)21-2/h4-9H,3,10H2,1-2H3. The van der Waals surface area contributed by atoms with E-state index in [0.29, 0.717) is 18.0 Å². The van der Waals surface area contributed by atoms with Crippen molar-refractivity contribution >= 4 is 16.8 Å². The van der Waals surface area contributed by atoms with Crippen molar-refractivity contribution in [2.24, 2.45) is 0 Å². The molecule has 110 valence electrons. The summed E-state index contributed by atoms with van der Waals surface area (Å²) >= 11 is 5.46. The van der Waals surface area contributed by atoms with Crippen molar-refractivity contribution < 1.29 is 9.53 Å². The largest absolute Gasteiger partial charge is 0.496 e. The van der Waals surface area contributed by atoms with Gasteiger partial charge in [-0.3, -0.25) is 9.59 Å². The number of nitrogens with zero attached hydrogens (tertiary/aromatic N) is 1. The lowest BCUT2D eigenvalue weighted by Crippen LogP contribution is -2.26. The van der Waals surface area contributed by atoms with Gasteiger partial charge in [0.1, 0.15) is 5.75 Å². The third-order valence-corrected chi connectivity index (χ3v) is 3.42. The van der Waals surface area contributed by atoms with Crippen molar-refractivity contribution in [3.63, 3.8) is 0 Å². The van der Waals surface area contributed by atoms with Gasteiger partial charge in [-0.05, 0) is 42.3 Å². The number of aromatic nitrogens is 1. The molecule has 0 spiro atoms. The minimum Gasteiger partial charge on any atom is -0.496 e. The van der Waals surface area contributed by atoms with Gasteiger partial charge >= 0.3 is 0 Å². The first-order valence-corrected chi connectivity index (χ1v) is 7.05. The number of rotatable bonds is 5. The van der Waals surface area contributed by atoms with Crippen LogP contribution in [0.15, 0.2) is 41.2 Å². The number of pyridine rings is 1. The monoisotopic (exact) mass is 305 g/mol. The number of hydrogen-bond donors (Lipinski definition) is 0. The summed E-state index contributed by atoms with van der Waals surface area (Å²) in [6.45, 7) is 2.47. The second-order valence-electron chi connectivity index (χ2n) is 4.56. The first kappa shape index (κ1) is 15.3. The molecule has 0 N–H and O–H groups in total.